The number of piperazine rings is 1. The number of pyridine rings is 1. The smallest absolute Gasteiger partial charge is 0.259 e. The minimum atomic E-state index is -0.499. The summed E-state index contributed by atoms with van der Waals surface area (Å²) in [7, 11) is 0. The van der Waals surface area contributed by atoms with Crippen LogP contribution in [0.4, 0.5) is 8.78 Å². The summed E-state index contributed by atoms with van der Waals surface area (Å²) in [6.45, 7) is 5.51. The first-order chi connectivity index (χ1) is 14.9. The van der Waals surface area contributed by atoms with Gasteiger partial charge in [0, 0.05) is 37.4 Å². The highest BCUT2D eigenvalue weighted by molar-refractivity contribution is 5.94. The van der Waals surface area contributed by atoms with Crippen molar-refractivity contribution < 1.29 is 13.6 Å². The Hall–Kier alpha value is -3.06. The minimum absolute atomic E-state index is 0.0732. The Balaban J connectivity index is 1.30. The van der Waals surface area contributed by atoms with E-state index >= 15 is 0 Å². The standard InChI is InChI=1S/C24H25F2N3O2/c1-16-4-9-21(26)22-20(16)15-19(27-23(22)30)3-2-10-28-11-13-29(14-12-28)24(31)17-5-7-18(25)8-6-17/h4-9,15H,2-3,10-14H2,1H3,(H,27,30). The molecule has 7 heteroatoms. The summed E-state index contributed by atoms with van der Waals surface area (Å²) in [4.78, 5) is 31.7. The summed E-state index contributed by atoms with van der Waals surface area (Å²) in [5, 5.41) is 0.775. The molecule has 4 rings (SSSR count). The molecule has 1 amide bonds. The van der Waals surface area contributed by atoms with Crippen LogP contribution < -0.4 is 5.56 Å². The zero-order chi connectivity index (χ0) is 22.0. The van der Waals surface area contributed by atoms with E-state index in [-0.39, 0.29) is 22.7 Å². The van der Waals surface area contributed by atoms with Crippen molar-refractivity contribution in [3.63, 3.8) is 0 Å². The van der Waals surface area contributed by atoms with Crippen LogP contribution in [-0.4, -0.2) is 53.4 Å². The van der Waals surface area contributed by atoms with Gasteiger partial charge in [0.25, 0.3) is 11.5 Å². The molecule has 0 bridgehead atoms. The molecular weight excluding hydrogens is 400 g/mol. The van der Waals surface area contributed by atoms with E-state index in [2.05, 4.69) is 9.88 Å². The molecule has 1 aliphatic heterocycles. The number of carbonyl (C=O) groups is 1. The minimum Gasteiger partial charge on any atom is -0.336 e. The van der Waals surface area contributed by atoms with Gasteiger partial charge in [0.2, 0.25) is 0 Å². The molecule has 1 saturated heterocycles. The first kappa shape index (κ1) is 21.2. The highest BCUT2D eigenvalue weighted by Crippen LogP contribution is 2.19. The first-order valence-corrected chi connectivity index (χ1v) is 10.5. The van der Waals surface area contributed by atoms with Crippen LogP contribution in [0.1, 0.15) is 28.0 Å². The number of benzene rings is 2. The molecule has 1 aliphatic rings. The molecule has 0 aliphatic carbocycles. The SMILES string of the molecule is Cc1ccc(F)c2c(=O)[nH]c(CCCN3CCN(C(=O)c4ccc(F)cc4)CC3)cc12. The van der Waals surface area contributed by atoms with Crippen LogP contribution in [0.15, 0.2) is 47.3 Å². The van der Waals surface area contributed by atoms with Gasteiger partial charge in [0.1, 0.15) is 11.6 Å². The second kappa shape index (κ2) is 8.98. The highest BCUT2D eigenvalue weighted by atomic mass is 19.1. The lowest BCUT2D eigenvalue weighted by Crippen LogP contribution is -2.48. The van der Waals surface area contributed by atoms with E-state index in [9.17, 15) is 18.4 Å². The predicted molar refractivity (Wildman–Crippen MR) is 116 cm³/mol. The van der Waals surface area contributed by atoms with Crippen LogP contribution in [0.3, 0.4) is 0 Å². The van der Waals surface area contributed by atoms with E-state index in [0.29, 0.717) is 30.5 Å². The van der Waals surface area contributed by atoms with E-state index in [0.717, 1.165) is 37.3 Å². The van der Waals surface area contributed by atoms with E-state index in [4.69, 9.17) is 0 Å². The van der Waals surface area contributed by atoms with Gasteiger partial charge in [0.05, 0.1) is 5.39 Å². The molecule has 5 nitrogen and oxygen atoms in total. The maximum atomic E-state index is 14.0. The van der Waals surface area contributed by atoms with Gasteiger partial charge in [-0.15, -0.1) is 0 Å². The molecule has 0 spiro atoms. The van der Waals surface area contributed by atoms with Gasteiger partial charge in [-0.2, -0.15) is 0 Å². The molecule has 0 radical (unpaired) electrons. The van der Waals surface area contributed by atoms with Crippen molar-refractivity contribution in [2.45, 2.75) is 19.8 Å². The maximum Gasteiger partial charge on any atom is 0.259 e. The average Bonchev–Trinajstić information content (AvgIpc) is 2.77. The number of hydrogen-bond donors (Lipinski definition) is 1. The lowest BCUT2D eigenvalue weighted by molar-refractivity contribution is 0.0636. The summed E-state index contributed by atoms with van der Waals surface area (Å²) in [6, 6.07) is 10.5. The Bertz CT molecular complexity index is 1150. The van der Waals surface area contributed by atoms with Gasteiger partial charge in [-0.25, -0.2) is 8.78 Å². The van der Waals surface area contributed by atoms with E-state index < -0.39 is 5.82 Å². The predicted octanol–water partition coefficient (Wildman–Crippen LogP) is 3.51. The number of carbonyl (C=O) groups excluding carboxylic acids is 1. The summed E-state index contributed by atoms with van der Waals surface area (Å²) in [5.74, 6) is -0.924. The Kier molecular flexibility index (Phi) is 6.13. The topological polar surface area (TPSA) is 56.4 Å². The molecule has 0 atom stereocenters. The number of halogens is 2. The lowest BCUT2D eigenvalue weighted by atomic mass is 10.0. The van der Waals surface area contributed by atoms with Crippen molar-refractivity contribution in [1.29, 1.82) is 0 Å². The molecule has 2 aromatic carbocycles. The van der Waals surface area contributed by atoms with Crippen molar-refractivity contribution in [1.82, 2.24) is 14.8 Å². The van der Waals surface area contributed by atoms with Gasteiger partial charge in [-0.05, 0) is 73.7 Å². The number of nitrogens with zero attached hydrogens (tertiary/aromatic N) is 2. The quantitative estimate of drug-likeness (QED) is 0.681. The number of aromatic nitrogens is 1. The van der Waals surface area contributed by atoms with Gasteiger partial charge >= 0.3 is 0 Å². The molecule has 2 heterocycles. The highest BCUT2D eigenvalue weighted by Gasteiger charge is 2.22. The molecule has 3 aromatic rings. The fourth-order valence-electron chi connectivity index (χ4n) is 4.11. The molecule has 1 aromatic heterocycles. The zero-order valence-corrected chi connectivity index (χ0v) is 17.5. The van der Waals surface area contributed by atoms with Crippen LogP contribution >= 0.6 is 0 Å². The fraction of sp³-hybridized carbons (Fsp3) is 0.333. The third-order valence-corrected chi connectivity index (χ3v) is 5.90. The van der Waals surface area contributed by atoms with E-state index in [1.807, 2.05) is 13.0 Å². The maximum absolute atomic E-state index is 14.0. The lowest BCUT2D eigenvalue weighted by Gasteiger charge is -2.34. The third kappa shape index (κ3) is 4.66. The number of nitrogens with one attached hydrogen (secondary N) is 1. The van der Waals surface area contributed by atoms with Gasteiger partial charge in [0.15, 0.2) is 0 Å². The number of aromatic amines is 1. The molecule has 0 unspecified atom stereocenters. The van der Waals surface area contributed by atoms with Gasteiger partial charge in [-0.3, -0.25) is 14.5 Å². The Morgan fingerprint density at radius 1 is 1.03 bits per heavy atom. The normalized spacial score (nSPS) is 14.9. The molecule has 1 N–H and O–H groups in total. The third-order valence-electron chi connectivity index (χ3n) is 5.90. The summed E-state index contributed by atoms with van der Waals surface area (Å²) >= 11 is 0. The fourth-order valence-corrected chi connectivity index (χ4v) is 4.11. The van der Waals surface area contributed by atoms with Crippen LogP contribution in [-0.2, 0) is 6.42 Å². The van der Waals surface area contributed by atoms with Crippen molar-refractivity contribution in [3.8, 4) is 0 Å². The number of hydrogen-bond acceptors (Lipinski definition) is 3. The number of rotatable bonds is 5. The summed E-state index contributed by atoms with van der Waals surface area (Å²) < 4.78 is 27.0. The Morgan fingerprint density at radius 3 is 2.45 bits per heavy atom. The van der Waals surface area contributed by atoms with E-state index in [1.165, 1.54) is 30.3 Å². The van der Waals surface area contributed by atoms with Crippen molar-refractivity contribution in [3.05, 3.63) is 81.3 Å². The molecule has 31 heavy (non-hydrogen) atoms. The van der Waals surface area contributed by atoms with Crippen LogP contribution in [0.25, 0.3) is 10.8 Å². The molecule has 0 saturated carbocycles. The number of H-pyrrole nitrogens is 1. The number of aryl methyl sites for hydroxylation is 2. The van der Waals surface area contributed by atoms with Crippen molar-refractivity contribution >= 4 is 16.7 Å². The van der Waals surface area contributed by atoms with Crippen LogP contribution in [0.2, 0.25) is 0 Å². The second-order valence-electron chi connectivity index (χ2n) is 8.02. The first-order valence-electron chi connectivity index (χ1n) is 10.5. The molecule has 162 valence electrons. The Morgan fingerprint density at radius 2 is 1.74 bits per heavy atom. The molecule has 1 fully saturated rings. The Labute approximate surface area is 179 Å². The number of fused-ring (bicyclic) bond motifs is 1. The van der Waals surface area contributed by atoms with Gasteiger partial charge in [-0.1, -0.05) is 6.07 Å². The average molecular weight is 425 g/mol. The largest absolute Gasteiger partial charge is 0.336 e. The van der Waals surface area contributed by atoms with Gasteiger partial charge < -0.3 is 9.88 Å². The van der Waals surface area contributed by atoms with Crippen molar-refractivity contribution in [2.24, 2.45) is 0 Å². The monoisotopic (exact) mass is 425 g/mol. The summed E-state index contributed by atoms with van der Waals surface area (Å²) in [5.41, 5.74) is 1.80. The molecular formula is C24H25F2N3O2. The second-order valence-corrected chi connectivity index (χ2v) is 8.02. The van der Waals surface area contributed by atoms with Crippen LogP contribution in [0.5, 0.6) is 0 Å². The van der Waals surface area contributed by atoms with E-state index in [1.54, 1.807) is 11.0 Å². The van der Waals surface area contributed by atoms with Crippen molar-refractivity contribution in [2.75, 3.05) is 32.7 Å². The zero-order valence-electron chi connectivity index (χ0n) is 17.5. The summed E-state index contributed by atoms with van der Waals surface area (Å²) in [6.07, 6.45) is 1.54. The van der Waals surface area contributed by atoms with Crippen LogP contribution in [0, 0.1) is 18.6 Å². The number of amides is 1.